The molecule has 0 aliphatic carbocycles. The number of carbonyl (C=O) groups excluding carboxylic acids is 2. The van der Waals surface area contributed by atoms with Gasteiger partial charge in [-0.3, -0.25) is 20.4 Å². The zero-order chi connectivity index (χ0) is 18.4. The van der Waals surface area contributed by atoms with Crippen LogP contribution >= 0.6 is 27.3 Å². The van der Waals surface area contributed by atoms with Crippen LogP contribution in [0, 0.1) is 0 Å². The number of halogens is 1. The van der Waals surface area contributed by atoms with Crippen LogP contribution in [0.15, 0.2) is 40.7 Å². The second-order valence-corrected chi connectivity index (χ2v) is 7.34. The van der Waals surface area contributed by atoms with E-state index in [1.54, 1.807) is 30.3 Å². The molecule has 0 radical (unpaired) electrons. The molecule has 1 heterocycles. The first kappa shape index (κ1) is 19.0. The third kappa shape index (κ3) is 4.61. The highest BCUT2D eigenvalue weighted by Gasteiger charge is 2.16. The number of hydrazine groups is 1. The van der Waals surface area contributed by atoms with Gasteiger partial charge in [-0.25, -0.2) is 0 Å². The summed E-state index contributed by atoms with van der Waals surface area (Å²) in [6.07, 6.45) is 2.21. The minimum Gasteiger partial charge on any atom is -0.493 e. The molecule has 1 aromatic heterocycles. The van der Waals surface area contributed by atoms with Crippen LogP contribution < -0.4 is 20.3 Å². The van der Waals surface area contributed by atoms with E-state index in [0.29, 0.717) is 28.4 Å². The van der Waals surface area contributed by atoms with E-state index in [-0.39, 0.29) is 0 Å². The molecule has 1 aromatic carbocycles. The smallest absolute Gasteiger partial charge is 0.279 e. The maximum absolute atomic E-state index is 12.4. The SMILES string of the molecule is C=CCc1cc(C(=O)NNC(=O)c2ccc(Br)s2)cc(OC)c1OC. The van der Waals surface area contributed by atoms with Crippen molar-refractivity contribution < 1.29 is 19.1 Å². The van der Waals surface area contributed by atoms with Gasteiger partial charge in [-0.15, -0.1) is 17.9 Å². The van der Waals surface area contributed by atoms with Crippen molar-refractivity contribution in [3.05, 3.63) is 56.7 Å². The van der Waals surface area contributed by atoms with E-state index in [9.17, 15) is 9.59 Å². The van der Waals surface area contributed by atoms with Crippen molar-refractivity contribution in [1.29, 1.82) is 0 Å². The number of methoxy groups -OCH3 is 2. The van der Waals surface area contributed by atoms with E-state index in [1.165, 1.54) is 25.6 Å². The molecule has 2 aromatic rings. The molecule has 0 unspecified atom stereocenters. The third-order valence-electron chi connectivity index (χ3n) is 3.27. The molecule has 132 valence electrons. The predicted molar refractivity (Wildman–Crippen MR) is 100 cm³/mol. The standard InChI is InChI=1S/C17H17BrN2O4S/c1-4-5-10-8-11(9-12(23-2)15(10)24-3)16(21)19-20-17(22)13-6-7-14(18)25-13/h4,6-9H,1,5H2,2-3H3,(H,19,21)(H,20,22). The number of carbonyl (C=O) groups is 2. The Morgan fingerprint density at radius 2 is 1.92 bits per heavy atom. The number of ether oxygens (including phenoxy) is 2. The van der Waals surface area contributed by atoms with E-state index in [1.807, 2.05) is 0 Å². The lowest BCUT2D eigenvalue weighted by atomic mass is 10.1. The van der Waals surface area contributed by atoms with Crippen molar-refractivity contribution >= 4 is 39.1 Å². The summed E-state index contributed by atoms with van der Waals surface area (Å²) in [6, 6.07) is 6.65. The molecule has 25 heavy (non-hydrogen) atoms. The summed E-state index contributed by atoms with van der Waals surface area (Å²) in [4.78, 5) is 24.8. The fourth-order valence-corrected chi connectivity index (χ4v) is 3.45. The fraction of sp³-hybridized carbons (Fsp3) is 0.176. The van der Waals surface area contributed by atoms with E-state index in [4.69, 9.17) is 9.47 Å². The van der Waals surface area contributed by atoms with Gasteiger partial charge in [0, 0.05) is 11.1 Å². The third-order valence-corrected chi connectivity index (χ3v) is 4.89. The number of rotatable bonds is 6. The van der Waals surface area contributed by atoms with Gasteiger partial charge in [0.15, 0.2) is 11.5 Å². The maximum Gasteiger partial charge on any atom is 0.279 e. The van der Waals surface area contributed by atoms with E-state index < -0.39 is 11.8 Å². The second-order valence-electron chi connectivity index (χ2n) is 4.88. The van der Waals surface area contributed by atoms with Crippen molar-refractivity contribution in [2.45, 2.75) is 6.42 Å². The topological polar surface area (TPSA) is 76.7 Å². The van der Waals surface area contributed by atoms with E-state index >= 15 is 0 Å². The molecule has 0 saturated carbocycles. The summed E-state index contributed by atoms with van der Waals surface area (Å²) in [5.41, 5.74) is 5.88. The minimum atomic E-state index is -0.463. The van der Waals surface area contributed by atoms with Crippen molar-refractivity contribution in [1.82, 2.24) is 10.9 Å². The first-order valence-electron chi connectivity index (χ1n) is 7.22. The van der Waals surface area contributed by atoms with Crippen LogP contribution in [0.1, 0.15) is 25.6 Å². The number of thiophene rings is 1. The van der Waals surface area contributed by atoms with Gasteiger partial charge in [-0.1, -0.05) is 6.08 Å². The average Bonchev–Trinajstić information content (AvgIpc) is 3.05. The molecule has 2 amide bonds. The molecule has 0 saturated heterocycles. The zero-order valence-electron chi connectivity index (χ0n) is 13.7. The highest BCUT2D eigenvalue weighted by Crippen LogP contribution is 2.33. The van der Waals surface area contributed by atoms with Crippen LogP contribution in [-0.4, -0.2) is 26.0 Å². The average molecular weight is 425 g/mol. The lowest BCUT2D eigenvalue weighted by Crippen LogP contribution is -2.41. The Balaban J connectivity index is 2.16. The summed E-state index contributed by atoms with van der Waals surface area (Å²) >= 11 is 4.56. The fourth-order valence-electron chi connectivity index (χ4n) is 2.17. The van der Waals surface area contributed by atoms with Crippen LogP contribution in [0.4, 0.5) is 0 Å². The van der Waals surface area contributed by atoms with E-state index in [2.05, 4.69) is 33.4 Å². The molecular weight excluding hydrogens is 408 g/mol. The second kappa shape index (κ2) is 8.68. The number of hydrogen-bond donors (Lipinski definition) is 2. The van der Waals surface area contributed by atoms with Crippen LogP contribution in [0.3, 0.4) is 0 Å². The summed E-state index contributed by atoms with van der Waals surface area (Å²) in [5, 5.41) is 0. The van der Waals surface area contributed by atoms with Gasteiger partial charge in [0.05, 0.1) is 22.9 Å². The van der Waals surface area contributed by atoms with Crippen molar-refractivity contribution in [2.24, 2.45) is 0 Å². The van der Waals surface area contributed by atoms with Crippen LogP contribution in [0.2, 0.25) is 0 Å². The molecule has 0 aliphatic rings. The lowest BCUT2D eigenvalue weighted by molar-refractivity contribution is 0.0848. The van der Waals surface area contributed by atoms with Crippen LogP contribution in [0.5, 0.6) is 11.5 Å². The predicted octanol–water partition coefficient (Wildman–Crippen LogP) is 3.33. The van der Waals surface area contributed by atoms with Gasteiger partial charge in [-0.2, -0.15) is 0 Å². The number of hydrogen-bond acceptors (Lipinski definition) is 5. The molecule has 0 spiro atoms. The van der Waals surface area contributed by atoms with Gasteiger partial charge in [0.2, 0.25) is 0 Å². The first-order valence-corrected chi connectivity index (χ1v) is 8.83. The molecule has 8 heteroatoms. The highest BCUT2D eigenvalue weighted by molar-refractivity contribution is 9.11. The zero-order valence-corrected chi connectivity index (χ0v) is 16.1. The van der Waals surface area contributed by atoms with Crippen molar-refractivity contribution in [3.63, 3.8) is 0 Å². The normalized spacial score (nSPS) is 10.0. The maximum atomic E-state index is 12.4. The number of allylic oxidation sites excluding steroid dienone is 1. The highest BCUT2D eigenvalue weighted by atomic mass is 79.9. The molecular formula is C17H17BrN2O4S. The Bertz CT molecular complexity index is 804. The van der Waals surface area contributed by atoms with Gasteiger partial charge >= 0.3 is 0 Å². The Hall–Kier alpha value is -2.32. The molecule has 2 N–H and O–H groups in total. The van der Waals surface area contributed by atoms with Crippen LogP contribution in [0.25, 0.3) is 0 Å². The summed E-state index contributed by atoms with van der Waals surface area (Å²) in [5.74, 6) is 0.123. The quantitative estimate of drug-likeness (QED) is 0.550. The van der Waals surface area contributed by atoms with Crippen molar-refractivity contribution in [2.75, 3.05) is 14.2 Å². The summed E-state index contributed by atoms with van der Waals surface area (Å²) in [6.45, 7) is 3.70. The van der Waals surface area contributed by atoms with Gasteiger partial charge in [0.25, 0.3) is 11.8 Å². The number of benzene rings is 1. The summed E-state index contributed by atoms with van der Waals surface area (Å²) < 4.78 is 11.4. The van der Waals surface area contributed by atoms with Gasteiger partial charge in [0.1, 0.15) is 0 Å². The first-order chi connectivity index (χ1) is 12.0. The number of nitrogens with one attached hydrogen (secondary N) is 2. The Kier molecular flexibility index (Phi) is 6.60. The monoisotopic (exact) mass is 424 g/mol. The van der Waals surface area contributed by atoms with Crippen molar-refractivity contribution in [3.8, 4) is 11.5 Å². The van der Waals surface area contributed by atoms with Crippen LogP contribution in [-0.2, 0) is 6.42 Å². The lowest BCUT2D eigenvalue weighted by Gasteiger charge is -2.14. The Morgan fingerprint density at radius 3 is 2.48 bits per heavy atom. The minimum absolute atomic E-state index is 0.335. The Morgan fingerprint density at radius 1 is 1.20 bits per heavy atom. The Labute approximate surface area is 157 Å². The summed E-state index contributed by atoms with van der Waals surface area (Å²) in [7, 11) is 3.03. The molecule has 0 fully saturated rings. The molecule has 6 nitrogen and oxygen atoms in total. The molecule has 0 atom stereocenters. The van der Waals surface area contributed by atoms with E-state index in [0.717, 1.165) is 9.35 Å². The molecule has 0 aliphatic heterocycles. The largest absolute Gasteiger partial charge is 0.493 e. The molecule has 2 rings (SSSR count). The molecule has 0 bridgehead atoms. The van der Waals surface area contributed by atoms with Gasteiger partial charge in [-0.05, 0) is 46.6 Å². The number of amides is 2. The van der Waals surface area contributed by atoms with Gasteiger partial charge < -0.3 is 9.47 Å².